The van der Waals surface area contributed by atoms with E-state index in [1.54, 1.807) is 9.58 Å². The highest BCUT2D eigenvalue weighted by Crippen LogP contribution is 2.36. The van der Waals surface area contributed by atoms with E-state index in [2.05, 4.69) is 20.8 Å². The molecule has 1 aromatic heterocycles. The molecule has 136 valence electrons. The largest absolute Gasteiger partial charge is 0.330 e. The number of thioether (sulfide) groups is 1. The van der Waals surface area contributed by atoms with Crippen LogP contribution in [0.2, 0.25) is 0 Å². The first-order chi connectivity index (χ1) is 12.7. The molecule has 0 spiro atoms. The molecule has 0 unspecified atom stereocenters. The maximum absolute atomic E-state index is 12.7. The molecule has 2 aliphatic rings. The summed E-state index contributed by atoms with van der Waals surface area (Å²) in [4.78, 5) is 26.9. The number of nitrogens with one attached hydrogen (secondary N) is 1. The van der Waals surface area contributed by atoms with Crippen LogP contribution in [0.15, 0.2) is 35.5 Å². The van der Waals surface area contributed by atoms with Crippen molar-refractivity contribution >= 4 is 29.3 Å². The number of hydrogen-bond acceptors (Lipinski definition) is 6. The van der Waals surface area contributed by atoms with E-state index in [1.165, 1.54) is 11.8 Å². The summed E-state index contributed by atoms with van der Waals surface area (Å²) < 4.78 is 1.79. The van der Waals surface area contributed by atoms with Gasteiger partial charge >= 0.3 is 0 Å². The molecule has 1 aliphatic heterocycles. The Morgan fingerprint density at radius 3 is 2.77 bits per heavy atom. The molecule has 1 saturated carbocycles. The van der Waals surface area contributed by atoms with E-state index in [0.717, 1.165) is 24.9 Å². The molecule has 1 atom stereocenters. The van der Waals surface area contributed by atoms with Crippen molar-refractivity contribution < 1.29 is 9.59 Å². The number of rotatable bonds is 6. The summed E-state index contributed by atoms with van der Waals surface area (Å²) >= 11 is 1.34. The number of anilines is 1. The third-order valence-electron chi connectivity index (χ3n) is 4.60. The number of tetrazole rings is 1. The van der Waals surface area contributed by atoms with Crippen molar-refractivity contribution in [2.24, 2.45) is 0 Å². The van der Waals surface area contributed by atoms with Gasteiger partial charge in [-0.2, -0.15) is 0 Å². The monoisotopic (exact) mass is 372 g/mol. The normalized spacial score (nSPS) is 19.5. The smallest absolute Gasteiger partial charge is 0.247 e. The standard InChI is InChI=1S/C17H20N6O2S/c24-15(11-26-17-19-20-21-23(17)13-8-9-13)22-10-4-7-14(22)16(25)18-12-5-2-1-3-6-12/h1-3,5-6,13-14H,4,7-11H2,(H,18,25)/t14-/m1/s1. The van der Waals surface area contributed by atoms with Crippen molar-refractivity contribution in [3.63, 3.8) is 0 Å². The second-order valence-electron chi connectivity index (χ2n) is 6.53. The minimum atomic E-state index is -0.414. The van der Waals surface area contributed by atoms with Crippen LogP contribution in [0.5, 0.6) is 0 Å². The molecule has 8 nitrogen and oxygen atoms in total. The molecule has 9 heteroatoms. The number of aromatic nitrogens is 4. The van der Waals surface area contributed by atoms with Crippen molar-refractivity contribution in [2.75, 3.05) is 17.6 Å². The van der Waals surface area contributed by atoms with Crippen LogP contribution in [-0.4, -0.2) is 55.3 Å². The SMILES string of the molecule is O=C(Nc1ccccc1)[C@H]1CCCN1C(=O)CSc1nnnn1C1CC1. The first kappa shape index (κ1) is 17.0. The van der Waals surface area contributed by atoms with E-state index in [4.69, 9.17) is 0 Å². The van der Waals surface area contributed by atoms with Gasteiger partial charge in [-0.15, -0.1) is 5.10 Å². The topological polar surface area (TPSA) is 93.0 Å². The lowest BCUT2D eigenvalue weighted by molar-refractivity contribution is -0.134. The fourth-order valence-electron chi connectivity index (χ4n) is 3.12. The molecular weight excluding hydrogens is 352 g/mol. The van der Waals surface area contributed by atoms with Crippen LogP contribution >= 0.6 is 11.8 Å². The Kier molecular flexibility index (Phi) is 4.87. The van der Waals surface area contributed by atoms with Crippen LogP contribution in [0.1, 0.15) is 31.7 Å². The maximum atomic E-state index is 12.7. The van der Waals surface area contributed by atoms with E-state index in [0.29, 0.717) is 24.2 Å². The van der Waals surface area contributed by atoms with Gasteiger partial charge in [0.15, 0.2) is 0 Å². The van der Waals surface area contributed by atoms with Crippen LogP contribution in [0.4, 0.5) is 5.69 Å². The minimum Gasteiger partial charge on any atom is -0.330 e. The molecule has 1 saturated heterocycles. The molecule has 4 rings (SSSR count). The van der Waals surface area contributed by atoms with Gasteiger partial charge in [-0.25, -0.2) is 4.68 Å². The number of para-hydroxylation sites is 1. The molecule has 2 aromatic rings. The molecule has 0 bridgehead atoms. The lowest BCUT2D eigenvalue weighted by Gasteiger charge is -2.23. The number of carbonyl (C=O) groups excluding carboxylic acids is 2. The second kappa shape index (κ2) is 7.45. The average molecular weight is 372 g/mol. The summed E-state index contributed by atoms with van der Waals surface area (Å²) in [5.41, 5.74) is 0.745. The Balaban J connectivity index is 1.35. The number of hydrogen-bond donors (Lipinski definition) is 1. The summed E-state index contributed by atoms with van der Waals surface area (Å²) in [6, 6.07) is 9.27. The van der Waals surface area contributed by atoms with Crippen LogP contribution in [0, 0.1) is 0 Å². The molecule has 1 aromatic carbocycles. The number of nitrogens with zero attached hydrogens (tertiary/aromatic N) is 5. The van der Waals surface area contributed by atoms with E-state index >= 15 is 0 Å². The van der Waals surface area contributed by atoms with Crippen LogP contribution in [0.3, 0.4) is 0 Å². The van der Waals surface area contributed by atoms with Gasteiger partial charge in [0.2, 0.25) is 17.0 Å². The Hall–Kier alpha value is -2.42. The predicted molar refractivity (Wildman–Crippen MR) is 96.6 cm³/mol. The van der Waals surface area contributed by atoms with Crippen molar-refractivity contribution in [1.29, 1.82) is 0 Å². The van der Waals surface area contributed by atoms with Crippen molar-refractivity contribution in [3.8, 4) is 0 Å². The Morgan fingerprint density at radius 1 is 1.19 bits per heavy atom. The van der Waals surface area contributed by atoms with Gasteiger partial charge in [0, 0.05) is 12.2 Å². The Labute approximate surface area is 155 Å². The minimum absolute atomic E-state index is 0.0499. The first-order valence-corrected chi connectivity index (χ1v) is 9.77. The van der Waals surface area contributed by atoms with Gasteiger partial charge < -0.3 is 10.2 Å². The van der Waals surface area contributed by atoms with Crippen molar-refractivity contribution in [2.45, 2.75) is 42.9 Å². The van der Waals surface area contributed by atoms with Gasteiger partial charge in [-0.1, -0.05) is 30.0 Å². The van der Waals surface area contributed by atoms with Gasteiger partial charge in [0.25, 0.3) is 0 Å². The quantitative estimate of drug-likeness (QED) is 0.776. The van der Waals surface area contributed by atoms with Crippen LogP contribution in [-0.2, 0) is 9.59 Å². The summed E-state index contributed by atoms with van der Waals surface area (Å²) in [6.45, 7) is 0.611. The fourth-order valence-corrected chi connectivity index (χ4v) is 3.95. The predicted octanol–water partition coefficient (Wildman–Crippen LogP) is 1.73. The van der Waals surface area contributed by atoms with E-state index in [9.17, 15) is 9.59 Å². The molecule has 26 heavy (non-hydrogen) atoms. The summed E-state index contributed by atoms with van der Waals surface area (Å²) in [6.07, 6.45) is 3.69. The molecule has 1 N–H and O–H groups in total. The van der Waals surface area contributed by atoms with E-state index in [1.807, 2.05) is 30.3 Å². The number of likely N-dealkylation sites (tertiary alicyclic amines) is 1. The zero-order valence-electron chi connectivity index (χ0n) is 14.2. The molecule has 2 fully saturated rings. The molecular formula is C17H20N6O2S. The van der Waals surface area contributed by atoms with Crippen molar-refractivity contribution in [1.82, 2.24) is 25.1 Å². The first-order valence-electron chi connectivity index (χ1n) is 8.78. The number of carbonyl (C=O) groups is 2. The molecule has 0 radical (unpaired) electrons. The average Bonchev–Trinajstić information content (AvgIpc) is 3.19. The summed E-state index contributed by atoms with van der Waals surface area (Å²) in [5, 5.41) is 15.3. The highest BCUT2D eigenvalue weighted by atomic mass is 32.2. The highest BCUT2D eigenvalue weighted by Gasteiger charge is 2.34. The zero-order chi connectivity index (χ0) is 17.9. The van der Waals surface area contributed by atoms with Gasteiger partial charge in [-0.05, 0) is 48.2 Å². The second-order valence-corrected chi connectivity index (χ2v) is 7.47. The van der Waals surface area contributed by atoms with Crippen LogP contribution < -0.4 is 5.32 Å². The fraction of sp³-hybridized carbons (Fsp3) is 0.471. The van der Waals surface area contributed by atoms with E-state index in [-0.39, 0.29) is 17.6 Å². The molecule has 2 heterocycles. The van der Waals surface area contributed by atoms with Crippen LogP contribution in [0.25, 0.3) is 0 Å². The maximum Gasteiger partial charge on any atom is 0.247 e. The lowest BCUT2D eigenvalue weighted by atomic mass is 10.2. The Bertz CT molecular complexity index is 792. The van der Waals surface area contributed by atoms with Gasteiger partial charge in [-0.3, -0.25) is 9.59 Å². The van der Waals surface area contributed by atoms with Gasteiger partial charge in [0.05, 0.1) is 11.8 Å². The van der Waals surface area contributed by atoms with E-state index < -0.39 is 6.04 Å². The zero-order valence-corrected chi connectivity index (χ0v) is 15.1. The molecule has 1 aliphatic carbocycles. The lowest BCUT2D eigenvalue weighted by Crippen LogP contribution is -2.44. The highest BCUT2D eigenvalue weighted by molar-refractivity contribution is 7.99. The third kappa shape index (κ3) is 3.72. The Morgan fingerprint density at radius 2 is 2.00 bits per heavy atom. The van der Waals surface area contributed by atoms with Crippen molar-refractivity contribution in [3.05, 3.63) is 30.3 Å². The van der Waals surface area contributed by atoms with Gasteiger partial charge in [0.1, 0.15) is 6.04 Å². The molecule has 2 amide bonds. The number of amides is 2. The summed E-state index contributed by atoms with van der Waals surface area (Å²) in [7, 11) is 0. The third-order valence-corrected chi connectivity index (χ3v) is 5.52. The number of benzene rings is 1. The summed E-state index contributed by atoms with van der Waals surface area (Å²) in [5.74, 6) is 0.0586.